The Hall–Kier alpha value is -2.24. The van der Waals surface area contributed by atoms with Crippen LogP contribution in [0.3, 0.4) is 0 Å². The number of hydrogen-bond acceptors (Lipinski definition) is 4. The van der Waals surface area contributed by atoms with Crippen molar-refractivity contribution < 1.29 is 19.4 Å². The second kappa shape index (κ2) is 7.15. The van der Waals surface area contributed by atoms with Crippen LogP contribution in [0.1, 0.15) is 46.2 Å². The van der Waals surface area contributed by atoms with Crippen molar-refractivity contribution >= 4 is 12.0 Å². The number of ether oxygens (including phenoxy) is 1. The van der Waals surface area contributed by atoms with E-state index in [-0.39, 0.29) is 17.7 Å². The van der Waals surface area contributed by atoms with Crippen LogP contribution in [-0.2, 0) is 9.53 Å². The van der Waals surface area contributed by atoms with Gasteiger partial charge in [0.15, 0.2) is 0 Å². The molecule has 6 heteroatoms. The van der Waals surface area contributed by atoms with Crippen molar-refractivity contribution in [1.82, 2.24) is 10.6 Å². The fraction of sp³-hybridized carbons (Fsp3) is 0.500. The molecule has 2 atom stereocenters. The summed E-state index contributed by atoms with van der Waals surface area (Å²) in [5.74, 6) is -0.145. The molecule has 0 saturated carbocycles. The van der Waals surface area contributed by atoms with E-state index < -0.39 is 17.7 Å². The molecule has 22 heavy (non-hydrogen) atoms. The molecule has 3 N–H and O–H groups in total. The first kappa shape index (κ1) is 17.8. The SMILES string of the molecule is C[C@H](NC(=O)[C@@H](C)NC(=O)OC(C)(C)C)c1ccc(O)cc1. The fourth-order valence-corrected chi connectivity index (χ4v) is 1.73. The summed E-state index contributed by atoms with van der Waals surface area (Å²) in [4.78, 5) is 23.7. The van der Waals surface area contributed by atoms with Crippen LogP contribution in [0.15, 0.2) is 24.3 Å². The van der Waals surface area contributed by atoms with Crippen LogP contribution in [0.5, 0.6) is 5.75 Å². The predicted octanol–water partition coefficient (Wildman–Crippen LogP) is 2.48. The van der Waals surface area contributed by atoms with E-state index in [1.165, 1.54) is 0 Å². The van der Waals surface area contributed by atoms with Crippen LogP contribution in [0.25, 0.3) is 0 Å². The summed E-state index contributed by atoms with van der Waals surface area (Å²) < 4.78 is 5.10. The Labute approximate surface area is 130 Å². The van der Waals surface area contributed by atoms with Gasteiger partial charge < -0.3 is 20.5 Å². The molecule has 0 fully saturated rings. The molecule has 122 valence electrons. The number of phenols is 1. The Morgan fingerprint density at radius 1 is 1.09 bits per heavy atom. The summed E-state index contributed by atoms with van der Waals surface area (Å²) in [6.07, 6.45) is -0.632. The molecule has 6 nitrogen and oxygen atoms in total. The highest BCUT2D eigenvalue weighted by molar-refractivity contribution is 5.85. The third kappa shape index (κ3) is 6.03. The Morgan fingerprint density at radius 3 is 2.14 bits per heavy atom. The second-order valence-electron chi connectivity index (χ2n) is 6.19. The summed E-state index contributed by atoms with van der Waals surface area (Å²) in [6.45, 7) is 8.67. The van der Waals surface area contributed by atoms with E-state index in [9.17, 15) is 14.7 Å². The average Bonchev–Trinajstić information content (AvgIpc) is 2.36. The van der Waals surface area contributed by atoms with Crippen molar-refractivity contribution in [2.24, 2.45) is 0 Å². The number of nitrogens with one attached hydrogen (secondary N) is 2. The largest absolute Gasteiger partial charge is 0.508 e. The van der Waals surface area contributed by atoms with Gasteiger partial charge in [0, 0.05) is 0 Å². The Morgan fingerprint density at radius 2 is 1.64 bits per heavy atom. The lowest BCUT2D eigenvalue weighted by molar-refractivity contribution is -0.123. The van der Waals surface area contributed by atoms with Gasteiger partial charge in [0.2, 0.25) is 5.91 Å². The van der Waals surface area contributed by atoms with Crippen LogP contribution < -0.4 is 10.6 Å². The number of alkyl carbamates (subject to hydrolysis) is 1. The summed E-state index contributed by atoms with van der Waals surface area (Å²) >= 11 is 0. The maximum atomic E-state index is 12.1. The average molecular weight is 308 g/mol. The van der Waals surface area contributed by atoms with Gasteiger partial charge in [-0.2, -0.15) is 0 Å². The van der Waals surface area contributed by atoms with Gasteiger partial charge in [-0.05, 0) is 52.3 Å². The Kier molecular flexibility index (Phi) is 5.79. The highest BCUT2D eigenvalue weighted by Crippen LogP contribution is 2.16. The fourth-order valence-electron chi connectivity index (χ4n) is 1.73. The Bertz CT molecular complexity index is 520. The molecule has 0 aliphatic carbocycles. The van der Waals surface area contributed by atoms with Gasteiger partial charge in [0.25, 0.3) is 0 Å². The van der Waals surface area contributed by atoms with Gasteiger partial charge in [0.1, 0.15) is 17.4 Å². The first-order valence-corrected chi connectivity index (χ1v) is 7.17. The Balaban J connectivity index is 2.53. The van der Waals surface area contributed by atoms with Crippen molar-refractivity contribution in [3.63, 3.8) is 0 Å². The van der Waals surface area contributed by atoms with Crippen LogP contribution in [0, 0.1) is 0 Å². The third-order valence-corrected chi connectivity index (χ3v) is 2.88. The molecule has 0 unspecified atom stereocenters. The van der Waals surface area contributed by atoms with E-state index >= 15 is 0 Å². The van der Waals surface area contributed by atoms with Gasteiger partial charge >= 0.3 is 6.09 Å². The second-order valence-corrected chi connectivity index (χ2v) is 6.19. The van der Waals surface area contributed by atoms with E-state index in [1.807, 2.05) is 6.92 Å². The zero-order chi connectivity index (χ0) is 16.9. The van der Waals surface area contributed by atoms with Crippen molar-refractivity contribution in [2.45, 2.75) is 52.3 Å². The standard InChI is InChI=1S/C16H24N2O4/c1-10(12-6-8-13(19)9-7-12)17-14(20)11(2)18-15(21)22-16(3,4)5/h6-11,19H,1-5H3,(H,17,20)(H,18,21)/t10-,11+/m0/s1. The van der Waals surface area contributed by atoms with E-state index in [0.29, 0.717) is 0 Å². The van der Waals surface area contributed by atoms with E-state index in [1.54, 1.807) is 52.0 Å². The van der Waals surface area contributed by atoms with Crippen LogP contribution >= 0.6 is 0 Å². The maximum Gasteiger partial charge on any atom is 0.408 e. The van der Waals surface area contributed by atoms with Gasteiger partial charge in [-0.15, -0.1) is 0 Å². The van der Waals surface area contributed by atoms with Gasteiger partial charge in [-0.3, -0.25) is 4.79 Å². The van der Waals surface area contributed by atoms with E-state index in [2.05, 4.69) is 10.6 Å². The molecule has 1 aromatic carbocycles. The molecule has 0 aliphatic heterocycles. The first-order valence-electron chi connectivity index (χ1n) is 7.17. The number of hydrogen-bond donors (Lipinski definition) is 3. The summed E-state index contributed by atoms with van der Waals surface area (Å²) in [6, 6.07) is 5.62. The lowest BCUT2D eigenvalue weighted by Crippen LogP contribution is -2.47. The maximum absolute atomic E-state index is 12.1. The molecule has 0 bridgehead atoms. The molecule has 1 rings (SSSR count). The number of phenolic OH excluding ortho intramolecular Hbond substituents is 1. The highest BCUT2D eigenvalue weighted by Gasteiger charge is 2.22. The zero-order valence-electron chi connectivity index (χ0n) is 13.6. The molecule has 0 saturated heterocycles. The topological polar surface area (TPSA) is 87.7 Å². The summed E-state index contributed by atoms with van der Waals surface area (Å²) in [5, 5.41) is 14.5. The molecular formula is C16H24N2O4. The molecule has 0 spiro atoms. The summed E-state index contributed by atoms with van der Waals surface area (Å²) in [5.41, 5.74) is 0.246. The smallest absolute Gasteiger partial charge is 0.408 e. The number of amides is 2. The molecule has 0 aliphatic rings. The minimum atomic E-state index is -0.714. The van der Waals surface area contributed by atoms with Crippen LogP contribution in [-0.4, -0.2) is 28.7 Å². The van der Waals surface area contributed by atoms with Crippen molar-refractivity contribution in [3.8, 4) is 5.75 Å². The van der Waals surface area contributed by atoms with Crippen molar-refractivity contribution in [3.05, 3.63) is 29.8 Å². The van der Waals surface area contributed by atoms with Crippen molar-refractivity contribution in [1.29, 1.82) is 0 Å². The monoisotopic (exact) mass is 308 g/mol. The van der Waals surface area contributed by atoms with Crippen LogP contribution in [0.4, 0.5) is 4.79 Å². The predicted molar refractivity (Wildman–Crippen MR) is 83.5 cm³/mol. The van der Waals surface area contributed by atoms with E-state index in [0.717, 1.165) is 5.56 Å². The number of carbonyl (C=O) groups excluding carboxylic acids is 2. The number of rotatable bonds is 4. The molecule has 0 aromatic heterocycles. The van der Waals surface area contributed by atoms with E-state index in [4.69, 9.17) is 4.74 Å². The number of aromatic hydroxyl groups is 1. The molecule has 1 aromatic rings. The summed E-state index contributed by atoms with van der Waals surface area (Å²) in [7, 11) is 0. The quantitative estimate of drug-likeness (QED) is 0.797. The van der Waals surface area contributed by atoms with Crippen LogP contribution in [0.2, 0.25) is 0 Å². The number of benzene rings is 1. The highest BCUT2D eigenvalue weighted by atomic mass is 16.6. The number of carbonyl (C=O) groups is 2. The van der Waals surface area contributed by atoms with Gasteiger partial charge in [-0.25, -0.2) is 4.79 Å². The molecule has 0 heterocycles. The molecular weight excluding hydrogens is 284 g/mol. The lowest BCUT2D eigenvalue weighted by atomic mass is 10.1. The van der Waals surface area contributed by atoms with Gasteiger partial charge in [-0.1, -0.05) is 12.1 Å². The minimum absolute atomic E-state index is 0.169. The lowest BCUT2D eigenvalue weighted by Gasteiger charge is -2.22. The normalized spacial score (nSPS) is 13.9. The van der Waals surface area contributed by atoms with Gasteiger partial charge in [0.05, 0.1) is 6.04 Å². The third-order valence-electron chi connectivity index (χ3n) is 2.88. The molecule has 0 radical (unpaired) electrons. The molecule has 2 amide bonds. The minimum Gasteiger partial charge on any atom is -0.508 e. The zero-order valence-corrected chi connectivity index (χ0v) is 13.6. The van der Waals surface area contributed by atoms with Crippen molar-refractivity contribution in [2.75, 3.05) is 0 Å². The first-order chi connectivity index (χ1) is 10.1.